The molecule has 2 rings (SSSR count). The van der Waals surface area contributed by atoms with Gasteiger partial charge in [0.2, 0.25) is 0 Å². The number of carboxylic acids is 1. The smallest absolute Gasteiger partial charge is 0.354 e. The quantitative estimate of drug-likeness (QED) is 0.773. The zero-order valence-electron chi connectivity index (χ0n) is 12.0. The molecule has 0 atom stereocenters. The van der Waals surface area contributed by atoms with E-state index in [9.17, 15) is 4.79 Å². The average molecular weight is 277 g/mol. The zero-order chi connectivity index (χ0) is 14.4. The molecule has 1 aliphatic heterocycles. The minimum absolute atomic E-state index is 0.111. The molecule has 1 aromatic rings. The summed E-state index contributed by atoms with van der Waals surface area (Å²) in [6.07, 6.45) is 3.75. The van der Waals surface area contributed by atoms with Gasteiger partial charge in [0.15, 0.2) is 0 Å². The number of rotatable bonds is 6. The summed E-state index contributed by atoms with van der Waals surface area (Å²) in [6.45, 7) is 4.00. The Morgan fingerprint density at radius 3 is 2.90 bits per heavy atom. The van der Waals surface area contributed by atoms with Gasteiger partial charge in [-0.15, -0.1) is 0 Å². The SMILES string of the molecule is CN1CCC(CCNCc2cccc(C(=O)O)n2)CC1. The lowest BCUT2D eigenvalue weighted by Crippen LogP contribution is -2.31. The second-order valence-corrected chi connectivity index (χ2v) is 5.53. The van der Waals surface area contributed by atoms with Crippen LogP contribution < -0.4 is 5.32 Å². The van der Waals surface area contributed by atoms with Gasteiger partial charge in [-0.2, -0.15) is 0 Å². The summed E-state index contributed by atoms with van der Waals surface area (Å²) in [5, 5.41) is 12.2. The first-order valence-corrected chi connectivity index (χ1v) is 7.23. The fourth-order valence-corrected chi connectivity index (χ4v) is 2.57. The molecule has 1 fully saturated rings. The molecule has 0 amide bonds. The Labute approximate surface area is 120 Å². The van der Waals surface area contributed by atoms with Gasteiger partial charge in [-0.3, -0.25) is 0 Å². The van der Waals surface area contributed by atoms with E-state index in [1.54, 1.807) is 6.07 Å². The number of pyridine rings is 1. The number of aromatic carboxylic acids is 1. The maximum Gasteiger partial charge on any atom is 0.354 e. The molecule has 0 saturated carbocycles. The van der Waals surface area contributed by atoms with Crippen LogP contribution >= 0.6 is 0 Å². The fraction of sp³-hybridized carbons (Fsp3) is 0.600. The number of carbonyl (C=O) groups is 1. The molecule has 0 unspecified atom stereocenters. The van der Waals surface area contributed by atoms with Crippen LogP contribution in [0.25, 0.3) is 0 Å². The Balaban J connectivity index is 1.68. The largest absolute Gasteiger partial charge is 0.477 e. The van der Waals surface area contributed by atoms with Gasteiger partial charge >= 0.3 is 5.97 Å². The van der Waals surface area contributed by atoms with Gasteiger partial charge in [-0.1, -0.05) is 6.07 Å². The molecule has 2 heterocycles. The second-order valence-electron chi connectivity index (χ2n) is 5.53. The molecule has 0 aliphatic carbocycles. The Morgan fingerprint density at radius 1 is 1.45 bits per heavy atom. The van der Waals surface area contributed by atoms with Crippen LogP contribution in [0.4, 0.5) is 0 Å². The highest BCUT2D eigenvalue weighted by Crippen LogP contribution is 2.18. The van der Waals surface area contributed by atoms with Crippen molar-refractivity contribution in [3.63, 3.8) is 0 Å². The number of aromatic nitrogens is 1. The van der Waals surface area contributed by atoms with Crippen molar-refractivity contribution in [2.75, 3.05) is 26.7 Å². The van der Waals surface area contributed by atoms with Crippen LogP contribution in [0.1, 0.15) is 35.4 Å². The van der Waals surface area contributed by atoms with E-state index in [2.05, 4.69) is 22.2 Å². The maximum atomic E-state index is 10.8. The van der Waals surface area contributed by atoms with E-state index < -0.39 is 5.97 Å². The van der Waals surface area contributed by atoms with Crippen molar-refractivity contribution >= 4 is 5.97 Å². The van der Waals surface area contributed by atoms with Crippen LogP contribution in [0.3, 0.4) is 0 Å². The lowest BCUT2D eigenvalue weighted by Gasteiger charge is -2.28. The highest BCUT2D eigenvalue weighted by Gasteiger charge is 2.15. The first-order valence-electron chi connectivity index (χ1n) is 7.23. The zero-order valence-corrected chi connectivity index (χ0v) is 12.0. The van der Waals surface area contributed by atoms with Gasteiger partial charge in [-0.05, 0) is 64.0 Å². The minimum atomic E-state index is -0.974. The lowest BCUT2D eigenvalue weighted by molar-refractivity contribution is 0.0690. The minimum Gasteiger partial charge on any atom is -0.477 e. The van der Waals surface area contributed by atoms with Crippen LogP contribution in [0, 0.1) is 5.92 Å². The van der Waals surface area contributed by atoms with Crippen molar-refractivity contribution in [1.82, 2.24) is 15.2 Å². The molecule has 20 heavy (non-hydrogen) atoms. The number of likely N-dealkylation sites (tertiary alicyclic amines) is 1. The Morgan fingerprint density at radius 2 is 2.20 bits per heavy atom. The molecular weight excluding hydrogens is 254 g/mol. The maximum absolute atomic E-state index is 10.8. The molecule has 1 aromatic heterocycles. The highest BCUT2D eigenvalue weighted by molar-refractivity contribution is 5.85. The fourth-order valence-electron chi connectivity index (χ4n) is 2.57. The number of nitrogens with zero attached hydrogens (tertiary/aromatic N) is 2. The molecular formula is C15H23N3O2. The van der Waals surface area contributed by atoms with E-state index in [0.29, 0.717) is 6.54 Å². The second kappa shape index (κ2) is 7.36. The molecule has 5 nitrogen and oxygen atoms in total. The Hall–Kier alpha value is -1.46. The first-order chi connectivity index (χ1) is 9.65. The van der Waals surface area contributed by atoms with Crippen LogP contribution in [0.2, 0.25) is 0 Å². The molecule has 2 N–H and O–H groups in total. The van der Waals surface area contributed by atoms with E-state index in [4.69, 9.17) is 5.11 Å². The van der Waals surface area contributed by atoms with E-state index in [0.717, 1.165) is 18.2 Å². The van der Waals surface area contributed by atoms with Crippen molar-refractivity contribution in [2.24, 2.45) is 5.92 Å². The summed E-state index contributed by atoms with van der Waals surface area (Å²) >= 11 is 0. The van der Waals surface area contributed by atoms with Crippen LogP contribution in [0.15, 0.2) is 18.2 Å². The van der Waals surface area contributed by atoms with E-state index in [-0.39, 0.29) is 5.69 Å². The van der Waals surface area contributed by atoms with E-state index in [1.165, 1.54) is 38.4 Å². The number of nitrogens with one attached hydrogen (secondary N) is 1. The van der Waals surface area contributed by atoms with Gasteiger partial charge in [0, 0.05) is 6.54 Å². The Kier molecular flexibility index (Phi) is 5.49. The van der Waals surface area contributed by atoms with E-state index >= 15 is 0 Å². The lowest BCUT2D eigenvalue weighted by atomic mass is 9.94. The van der Waals surface area contributed by atoms with Crippen molar-refractivity contribution in [1.29, 1.82) is 0 Å². The molecule has 0 spiro atoms. The van der Waals surface area contributed by atoms with Gasteiger partial charge in [0.1, 0.15) is 5.69 Å². The summed E-state index contributed by atoms with van der Waals surface area (Å²) in [7, 11) is 2.18. The molecule has 0 radical (unpaired) electrons. The van der Waals surface area contributed by atoms with Crippen molar-refractivity contribution in [3.8, 4) is 0 Å². The number of hydrogen-bond acceptors (Lipinski definition) is 4. The van der Waals surface area contributed by atoms with Gasteiger partial charge in [0.25, 0.3) is 0 Å². The van der Waals surface area contributed by atoms with Crippen LogP contribution in [0.5, 0.6) is 0 Å². The molecule has 1 saturated heterocycles. The number of piperidine rings is 1. The summed E-state index contributed by atoms with van der Waals surface area (Å²) in [5.74, 6) is -0.157. The molecule has 0 bridgehead atoms. The van der Waals surface area contributed by atoms with Gasteiger partial charge < -0.3 is 15.3 Å². The molecule has 1 aliphatic rings. The van der Waals surface area contributed by atoms with Gasteiger partial charge in [-0.25, -0.2) is 9.78 Å². The predicted molar refractivity (Wildman–Crippen MR) is 77.7 cm³/mol. The molecule has 110 valence electrons. The summed E-state index contributed by atoms with van der Waals surface area (Å²) < 4.78 is 0. The summed E-state index contributed by atoms with van der Waals surface area (Å²) in [4.78, 5) is 17.3. The number of carboxylic acid groups (broad SMARTS) is 1. The Bertz CT molecular complexity index is 442. The first kappa shape index (κ1) is 14.9. The molecule has 0 aromatic carbocycles. The summed E-state index contributed by atoms with van der Waals surface area (Å²) in [6, 6.07) is 5.11. The van der Waals surface area contributed by atoms with Gasteiger partial charge in [0.05, 0.1) is 5.69 Å². The van der Waals surface area contributed by atoms with Crippen LogP contribution in [-0.4, -0.2) is 47.6 Å². The van der Waals surface area contributed by atoms with Crippen molar-refractivity contribution < 1.29 is 9.90 Å². The van der Waals surface area contributed by atoms with Crippen molar-refractivity contribution in [2.45, 2.75) is 25.8 Å². The monoisotopic (exact) mass is 277 g/mol. The van der Waals surface area contributed by atoms with E-state index in [1.807, 2.05) is 6.07 Å². The number of hydrogen-bond donors (Lipinski definition) is 2. The average Bonchev–Trinajstić information content (AvgIpc) is 2.46. The normalized spacial score (nSPS) is 17.2. The third kappa shape index (κ3) is 4.58. The third-order valence-electron chi connectivity index (χ3n) is 3.90. The van der Waals surface area contributed by atoms with Crippen LogP contribution in [-0.2, 0) is 6.54 Å². The van der Waals surface area contributed by atoms with Crippen molar-refractivity contribution in [3.05, 3.63) is 29.6 Å². The predicted octanol–water partition coefficient (Wildman–Crippen LogP) is 1.60. The topological polar surface area (TPSA) is 65.5 Å². The summed E-state index contributed by atoms with van der Waals surface area (Å²) in [5.41, 5.74) is 0.896. The standard InChI is InChI=1S/C15H23N3O2/c1-18-9-6-12(7-10-18)5-8-16-11-13-3-2-4-14(17-13)15(19)20/h2-4,12,16H,5-11H2,1H3,(H,19,20). The third-order valence-corrected chi connectivity index (χ3v) is 3.90. The highest BCUT2D eigenvalue weighted by atomic mass is 16.4. The molecule has 5 heteroatoms.